The molecule has 28 heavy (non-hydrogen) atoms. The molecular formula is C22H22O6. The van der Waals surface area contributed by atoms with Gasteiger partial charge in [-0.2, -0.15) is 0 Å². The summed E-state index contributed by atoms with van der Waals surface area (Å²) in [6, 6.07) is 10.2. The maximum Gasteiger partial charge on any atom is 0.336 e. The minimum absolute atomic E-state index is 0.0688. The first-order chi connectivity index (χ1) is 13.4. The molecule has 0 amide bonds. The fourth-order valence-electron chi connectivity index (χ4n) is 3.08. The minimum Gasteiger partial charge on any atom is -0.493 e. The van der Waals surface area contributed by atoms with E-state index in [2.05, 4.69) is 0 Å². The van der Waals surface area contributed by atoms with Gasteiger partial charge in [0.15, 0.2) is 11.5 Å². The highest BCUT2D eigenvalue weighted by atomic mass is 16.5. The summed E-state index contributed by atoms with van der Waals surface area (Å²) < 4.78 is 21.3. The van der Waals surface area contributed by atoms with E-state index in [4.69, 9.17) is 18.6 Å². The van der Waals surface area contributed by atoms with Gasteiger partial charge in [-0.3, -0.25) is 4.79 Å². The lowest BCUT2D eigenvalue weighted by atomic mass is 10.1. The zero-order valence-electron chi connectivity index (χ0n) is 16.3. The number of hydrogen-bond donors (Lipinski definition) is 0. The zero-order valence-corrected chi connectivity index (χ0v) is 16.3. The lowest BCUT2D eigenvalue weighted by molar-refractivity contribution is -0.133. The number of methoxy groups -OCH3 is 2. The number of carbonyl (C=O) groups excluding carboxylic acids is 1. The Morgan fingerprint density at radius 1 is 1.00 bits per heavy atom. The zero-order chi connectivity index (χ0) is 20.3. The summed E-state index contributed by atoms with van der Waals surface area (Å²) in [5, 5.41) is 0.830. The SMILES string of the molecule is CCc1cc2c(C)cc(=O)oc2cc1OC(=O)Cc1ccc(OC)c(OC)c1. The predicted octanol–water partition coefficient (Wildman–Crippen LogP) is 3.83. The molecule has 1 heterocycles. The van der Waals surface area contributed by atoms with Gasteiger partial charge in [0.25, 0.3) is 0 Å². The van der Waals surface area contributed by atoms with Gasteiger partial charge in [0.2, 0.25) is 0 Å². The number of hydrogen-bond acceptors (Lipinski definition) is 6. The number of benzene rings is 2. The second-order valence-corrected chi connectivity index (χ2v) is 6.40. The van der Waals surface area contributed by atoms with Crippen LogP contribution in [-0.4, -0.2) is 20.2 Å². The Morgan fingerprint density at radius 2 is 1.75 bits per heavy atom. The van der Waals surface area contributed by atoms with Crippen molar-refractivity contribution in [2.75, 3.05) is 14.2 Å². The fourth-order valence-corrected chi connectivity index (χ4v) is 3.08. The molecule has 0 saturated heterocycles. The molecule has 1 aromatic heterocycles. The van der Waals surface area contributed by atoms with E-state index in [-0.39, 0.29) is 6.42 Å². The monoisotopic (exact) mass is 382 g/mol. The van der Waals surface area contributed by atoms with Crippen LogP contribution in [0.15, 0.2) is 45.6 Å². The Kier molecular flexibility index (Phi) is 5.68. The van der Waals surface area contributed by atoms with Crippen molar-refractivity contribution in [3.63, 3.8) is 0 Å². The van der Waals surface area contributed by atoms with Crippen LogP contribution in [0.25, 0.3) is 11.0 Å². The molecule has 0 saturated carbocycles. The van der Waals surface area contributed by atoms with E-state index in [1.165, 1.54) is 6.07 Å². The highest BCUT2D eigenvalue weighted by molar-refractivity contribution is 5.84. The Balaban J connectivity index is 1.87. The second-order valence-electron chi connectivity index (χ2n) is 6.40. The van der Waals surface area contributed by atoms with Crippen LogP contribution in [0.4, 0.5) is 0 Å². The van der Waals surface area contributed by atoms with Gasteiger partial charge in [0.05, 0.1) is 20.6 Å². The number of fused-ring (bicyclic) bond motifs is 1. The summed E-state index contributed by atoms with van der Waals surface area (Å²) in [7, 11) is 3.09. The molecule has 2 aromatic carbocycles. The van der Waals surface area contributed by atoms with Crippen molar-refractivity contribution in [2.45, 2.75) is 26.7 Å². The first-order valence-electron chi connectivity index (χ1n) is 8.94. The third kappa shape index (κ3) is 4.01. The summed E-state index contributed by atoms with van der Waals surface area (Å²) in [5.41, 5.74) is 2.39. The normalized spacial score (nSPS) is 10.7. The summed E-state index contributed by atoms with van der Waals surface area (Å²) in [6.45, 7) is 3.82. The molecule has 0 radical (unpaired) electrons. The molecule has 6 nitrogen and oxygen atoms in total. The third-order valence-electron chi connectivity index (χ3n) is 4.53. The molecule has 0 aliphatic heterocycles. The fraction of sp³-hybridized carbons (Fsp3) is 0.273. The second kappa shape index (κ2) is 8.17. The average Bonchev–Trinajstić information content (AvgIpc) is 2.67. The maximum atomic E-state index is 12.5. The third-order valence-corrected chi connectivity index (χ3v) is 4.53. The highest BCUT2D eigenvalue weighted by Gasteiger charge is 2.14. The molecule has 6 heteroatoms. The Hall–Kier alpha value is -3.28. The van der Waals surface area contributed by atoms with Crippen molar-refractivity contribution in [3.05, 3.63) is 63.5 Å². The van der Waals surface area contributed by atoms with Gasteiger partial charge in [-0.25, -0.2) is 4.79 Å². The van der Waals surface area contributed by atoms with E-state index in [1.807, 2.05) is 19.9 Å². The molecule has 0 spiro atoms. The molecule has 0 fully saturated rings. The van der Waals surface area contributed by atoms with Crippen LogP contribution in [0.3, 0.4) is 0 Å². The molecule has 0 N–H and O–H groups in total. The molecule has 3 rings (SSSR count). The number of rotatable bonds is 6. The van der Waals surface area contributed by atoms with Crippen LogP contribution >= 0.6 is 0 Å². The van der Waals surface area contributed by atoms with Gasteiger partial charge in [-0.15, -0.1) is 0 Å². The van der Waals surface area contributed by atoms with Crippen LogP contribution in [0.1, 0.15) is 23.6 Å². The highest BCUT2D eigenvalue weighted by Crippen LogP contribution is 2.30. The van der Waals surface area contributed by atoms with Gasteiger partial charge >= 0.3 is 11.6 Å². The first kappa shape index (κ1) is 19.5. The van der Waals surface area contributed by atoms with Crippen LogP contribution in [0.2, 0.25) is 0 Å². The molecule has 146 valence electrons. The summed E-state index contributed by atoms with van der Waals surface area (Å²) in [5.74, 6) is 1.11. The van der Waals surface area contributed by atoms with Gasteiger partial charge in [0, 0.05) is 17.5 Å². The van der Waals surface area contributed by atoms with Gasteiger partial charge in [0.1, 0.15) is 11.3 Å². The topological polar surface area (TPSA) is 75.0 Å². The van der Waals surface area contributed by atoms with E-state index in [9.17, 15) is 9.59 Å². The summed E-state index contributed by atoms with van der Waals surface area (Å²) in [6.07, 6.45) is 0.743. The molecule has 0 atom stereocenters. The molecular weight excluding hydrogens is 360 g/mol. The van der Waals surface area contributed by atoms with E-state index in [0.717, 1.165) is 22.1 Å². The molecule has 0 aliphatic rings. The van der Waals surface area contributed by atoms with Crippen molar-refractivity contribution in [1.82, 2.24) is 0 Å². The van der Waals surface area contributed by atoms with Crippen LogP contribution in [0, 0.1) is 6.92 Å². The van der Waals surface area contributed by atoms with Gasteiger partial charge in [-0.1, -0.05) is 13.0 Å². The van der Waals surface area contributed by atoms with Crippen LogP contribution in [-0.2, 0) is 17.6 Å². The molecule has 0 unspecified atom stereocenters. The number of carbonyl (C=O) groups is 1. The van der Waals surface area contributed by atoms with Crippen molar-refractivity contribution in [2.24, 2.45) is 0 Å². The van der Waals surface area contributed by atoms with Crippen molar-refractivity contribution in [3.8, 4) is 17.2 Å². The van der Waals surface area contributed by atoms with Gasteiger partial charge in [-0.05, 0) is 48.2 Å². The van der Waals surface area contributed by atoms with Crippen molar-refractivity contribution < 1.29 is 23.4 Å². The predicted molar refractivity (Wildman–Crippen MR) is 105 cm³/mol. The van der Waals surface area contributed by atoms with Crippen molar-refractivity contribution >= 4 is 16.9 Å². The summed E-state index contributed by atoms with van der Waals surface area (Å²) in [4.78, 5) is 24.1. The molecule has 0 bridgehead atoms. The summed E-state index contributed by atoms with van der Waals surface area (Å²) >= 11 is 0. The number of ether oxygens (including phenoxy) is 3. The Bertz CT molecular complexity index is 1080. The van der Waals surface area contributed by atoms with E-state index in [0.29, 0.717) is 29.3 Å². The minimum atomic E-state index is -0.433. The number of esters is 1. The maximum absolute atomic E-state index is 12.5. The quantitative estimate of drug-likeness (QED) is 0.366. The van der Waals surface area contributed by atoms with Crippen LogP contribution < -0.4 is 19.8 Å². The van der Waals surface area contributed by atoms with E-state index < -0.39 is 11.6 Å². The van der Waals surface area contributed by atoms with Gasteiger partial charge < -0.3 is 18.6 Å². The lowest BCUT2D eigenvalue weighted by Crippen LogP contribution is -2.13. The largest absolute Gasteiger partial charge is 0.493 e. The molecule has 0 aliphatic carbocycles. The first-order valence-corrected chi connectivity index (χ1v) is 8.94. The van der Waals surface area contributed by atoms with E-state index >= 15 is 0 Å². The smallest absolute Gasteiger partial charge is 0.336 e. The lowest BCUT2D eigenvalue weighted by Gasteiger charge is -2.12. The Labute approximate surface area is 162 Å². The van der Waals surface area contributed by atoms with Crippen molar-refractivity contribution in [1.29, 1.82) is 0 Å². The van der Waals surface area contributed by atoms with Crippen LogP contribution in [0.5, 0.6) is 17.2 Å². The number of aryl methyl sites for hydroxylation is 2. The Morgan fingerprint density at radius 3 is 2.43 bits per heavy atom. The van der Waals surface area contributed by atoms with E-state index in [1.54, 1.807) is 38.5 Å². The average molecular weight is 382 g/mol. The molecule has 3 aromatic rings. The standard InChI is InChI=1S/C22H22O6/c1-5-15-11-16-13(2)8-21(23)28-19(16)12-18(15)27-22(24)10-14-6-7-17(25-3)20(9-14)26-4/h6-9,11-12H,5,10H2,1-4H3.